The van der Waals surface area contributed by atoms with Crippen LogP contribution < -0.4 is 5.48 Å². The maximum absolute atomic E-state index is 9.59. The number of phenolic OH excluding ortho intramolecular Hbond substituents is 1. The zero-order valence-corrected chi connectivity index (χ0v) is 8.35. The van der Waals surface area contributed by atoms with Crippen molar-refractivity contribution >= 4 is 11.6 Å². The molecular weight excluding hydrogens is 190 g/mol. The van der Waals surface area contributed by atoms with Crippen LogP contribution in [0.25, 0.3) is 0 Å². The first kappa shape index (κ1) is 10.3. The fraction of sp³-hybridized carbons (Fsp3) is 0.333. The van der Waals surface area contributed by atoms with Crippen molar-refractivity contribution in [2.45, 2.75) is 13.5 Å². The van der Waals surface area contributed by atoms with Gasteiger partial charge in [-0.15, -0.1) is 0 Å². The standard InChI is InChI=1S/C9H12ClNO2/c1-6-3-8(10)4-7(9(6)12)5-11-13-2/h3-4,11-12H,5H2,1-2H3. The van der Waals surface area contributed by atoms with Gasteiger partial charge in [-0.3, -0.25) is 0 Å². The summed E-state index contributed by atoms with van der Waals surface area (Å²) in [5.41, 5.74) is 4.13. The highest BCUT2D eigenvalue weighted by atomic mass is 35.5. The van der Waals surface area contributed by atoms with Gasteiger partial charge in [-0.2, -0.15) is 5.48 Å². The molecule has 1 aromatic rings. The Morgan fingerprint density at radius 1 is 1.54 bits per heavy atom. The third-order valence-electron chi connectivity index (χ3n) is 1.75. The van der Waals surface area contributed by atoms with E-state index in [2.05, 4.69) is 10.3 Å². The van der Waals surface area contributed by atoms with Gasteiger partial charge in [0.2, 0.25) is 0 Å². The second-order valence-electron chi connectivity index (χ2n) is 2.76. The number of hydrogen-bond acceptors (Lipinski definition) is 3. The lowest BCUT2D eigenvalue weighted by atomic mass is 10.1. The smallest absolute Gasteiger partial charge is 0.123 e. The molecule has 4 heteroatoms. The van der Waals surface area contributed by atoms with Crippen molar-refractivity contribution in [3.8, 4) is 5.75 Å². The molecular formula is C9H12ClNO2. The zero-order valence-electron chi connectivity index (χ0n) is 7.60. The summed E-state index contributed by atoms with van der Waals surface area (Å²) in [6, 6.07) is 3.42. The fourth-order valence-corrected chi connectivity index (χ4v) is 1.38. The molecule has 0 aliphatic carbocycles. The Kier molecular flexibility index (Phi) is 3.54. The number of benzene rings is 1. The monoisotopic (exact) mass is 201 g/mol. The Morgan fingerprint density at radius 2 is 2.23 bits per heavy atom. The van der Waals surface area contributed by atoms with Crippen LogP contribution in [0.2, 0.25) is 5.02 Å². The van der Waals surface area contributed by atoms with E-state index in [4.69, 9.17) is 11.6 Å². The van der Waals surface area contributed by atoms with E-state index in [-0.39, 0.29) is 5.75 Å². The molecule has 0 unspecified atom stereocenters. The Hall–Kier alpha value is -0.770. The Morgan fingerprint density at radius 3 is 2.85 bits per heavy atom. The minimum Gasteiger partial charge on any atom is -0.507 e. The molecule has 1 rings (SSSR count). The van der Waals surface area contributed by atoms with E-state index in [1.165, 1.54) is 7.11 Å². The second kappa shape index (κ2) is 4.46. The molecule has 0 atom stereocenters. The SMILES string of the molecule is CONCc1cc(Cl)cc(C)c1O. The molecule has 0 spiro atoms. The average Bonchev–Trinajstić information content (AvgIpc) is 2.09. The van der Waals surface area contributed by atoms with Gasteiger partial charge in [-0.1, -0.05) is 11.6 Å². The normalized spacial score (nSPS) is 10.4. The first-order valence-electron chi connectivity index (χ1n) is 3.89. The van der Waals surface area contributed by atoms with Gasteiger partial charge >= 0.3 is 0 Å². The summed E-state index contributed by atoms with van der Waals surface area (Å²) in [5.74, 6) is 0.258. The largest absolute Gasteiger partial charge is 0.507 e. The predicted octanol–water partition coefficient (Wildman–Crippen LogP) is 2.01. The summed E-state index contributed by atoms with van der Waals surface area (Å²) in [4.78, 5) is 4.68. The lowest BCUT2D eigenvalue weighted by molar-refractivity contribution is 0.0861. The predicted molar refractivity (Wildman–Crippen MR) is 51.7 cm³/mol. The van der Waals surface area contributed by atoms with Crippen LogP contribution >= 0.6 is 11.6 Å². The average molecular weight is 202 g/mol. The molecule has 0 fully saturated rings. The van der Waals surface area contributed by atoms with Gasteiger partial charge in [-0.05, 0) is 24.6 Å². The summed E-state index contributed by atoms with van der Waals surface area (Å²) in [6.07, 6.45) is 0. The van der Waals surface area contributed by atoms with Crippen LogP contribution in [0.1, 0.15) is 11.1 Å². The van der Waals surface area contributed by atoms with Gasteiger partial charge in [0, 0.05) is 17.1 Å². The van der Waals surface area contributed by atoms with Crippen molar-refractivity contribution in [3.05, 3.63) is 28.3 Å². The quantitative estimate of drug-likeness (QED) is 0.736. The van der Waals surface area contributed by atoms with Gasteiger partial charge in [-0.25, -0.2) is 0 Å². The maximum atomic E-state index is 9.59. The van der Waals surface area contributed by atoms with E-state index < -0.39 is 0 Å². The molecule has 72 valence electrons. The van der Waals surface area contributed by atoms with Crippen LogP contribution in [-0.4, -0.2) is 12.2 Å². The maximum Gasteiger partial charge on any atom is 0.123 e. The second-order valence-corrected chi connectivity index (χ2v) is 3.19. The molecule has 0 bridgehead atoms. The topological polar surface area (TPSA) is 41.5 Å². The van der Waals surface area contributed by atoms with E-state index >= 15 is 0 Å². The third kappa shape index (κ3) is 2.59. The summed E-state index contributed by atoms with van der Waals surface area (Å²) in [5, 5.41) is 10.2. The number of aromatic hydroxyl groups is 1. The van der Waals surface area contributed by atoms with E-state index in [1.807, 2.05) is 0 Å². The highest BCUT2D eigenvalue weighted by molar-refractivity contribution is 6.30. The molecule has 0 aliphatic heterocycles. The minimum atomic E-state index is 0.258. The minimum absolute atomic E-state index is 0.258. The van der Waals surface area contributed by atoms with E-state index in [0.717, 1.165) is 11.1 Å². The van der Waals surface area contributed by atoms with Crippen LogP contribution in [-0.2, 0) is 11.4 Å². The molecule has 0 saturated carbocycles. The van der Waals surface area contributed by atoms with Crippen molar-refractivity contribution in [1.29, 1.82) is 0 Å². The number of aryl methyl sites for hydroxylation is 1. The van der Waals surface area contributed by atoms with E-state index in [0.29, 0.717) is 11.6 Å². The zero-order chi connectivity index (χ0) is 9.84. The van der Waals surface area contributed by atoms with Crippen molar-refractivity contribution in [3.63, 3.8) is 0 Å². The highest BCUT2D eigenvalue weighted by Gasteiger charge is 2.05. The number of rotatable bonds is 3. The summed E-state index contributed by atoms with van der Waals surface area (Å²) in [6.45, 7) is 2.24. The van der Waals surface area contributed by atoms with Gasteiger partial charge in [0.05, 0.1) is 7.11 Å². The number of phenols is 1. The number of hydrogen-bond donors (Lipinski definition) is 2. The molecule has 3 nitrogen and oxygen atoms in total. The lowest BCUT2D eigenvalue weighted by Crippen LogP contribution is -2.11. The van der Waals surface area contributed by atoms with Gasteiger partial charge in [0.25, 0.3) is 0 Å². The Bertz CT molecular complexity index is 302. The van der Waals surface area contributed by atoms with Crippen LogP contribution in [0.3, 0.4) is 0 Å². The van der Waals surface area contributed by atoms with Crippen molar-refractivity contribution < 1.29 is 9.94 Å². The third-order valence-corrected chi connectivity index (χ3v) is 1.97. The van der Waals surface area contributed by atoms with E-state index in [1.54, 1.807) is 19.1 Å². The molecule has 1 aromatic carbocycles. The fourth-order valence-electron chi connectivity index (χ4n) is 1.09. The first-order chi connectivity index (χ1) is 6.15. The number of nitrogens with one attached hydrogen (secondary N) is 1. The van der Waals surface area contributed by atoms with Crippen LogP contribution in [0.5, 0.6) is 5.75 Å². The lowest BCUT2D eigenvalue weighted by Gasteiger charge is -2.07. The molecule has 0 saturated heterocycles. The first-order valence-corrected chi connectivity index (χ1v) is 4.26. The molecule has 0 aliphatic rings. The summed E-state index contributed by atoms with van der Waals surface area (Å²) < 4.78 is 0. The van der Waals surface area contributed by atoms with Gasteiger partial charge in [0.1, 0.15) is 5.75 Å². The van der Waals surface area contributed by atoms with Crippen LogP contribution in [0.15, 0.2) is 12.1 Å². The number of hydroxylamine groups is 1. The van der Waals surface area contributed by atoms with E-state index in [9.17, 15) is 5.11 Å². The highest BCUT2D eigenvalue weighted by Crippen LogP contribution is 2.26. The van der Waals surface area contributed by atoms with Crippen molar-refractivity contribution in [1.82, 2.24) is 5.48 Å². The molecule has 2 N–H and O–H groups in total. The van der Waals surface area contributed by atoms with Crippen molar-refractivity contribution in [2.24, 2.45) is 0 Å². The molecule has 13 heavy (non-hydrogen) atoms. The van der Waals surface area contributed by atoms with Crippen LogP contribution in [0, 0.1) is 6.92 Å². The van der Waals surface area contributed by atoms with Gasteiger partial charge in [0.15, 0.2) is 0 Å². The number of halogens is 1. The molecule has 0 aromatic heterocycles. The molecule has 0 radical (unpaired) electrons. The molecule has 0 heterocycles. The Balaban J connectivity index is 2.92. The van der Waals surface area contributed by atoms with Gasteiger partial charge < -0.3 is 9.94 Å². The van der Waals surface area contributed by atoms with Crippen molar-refractivity contribution in [2.75, 3.05) is 7.11 Å². The van der Waals surface area contributed by atoms with Crippen LogP contribution in [0.4, 0.5) is 0 Å². The Labute approximate surface area is 82.2 Å². The summed E-state index contributed by atoms with van der Waals surface area (Å²) >= 11 is 5.82. The summed E-state index contributed by atoms with van der Waals surface area (Å²) in [7, 11) is 1.52. The molecule has 0 amide bonds.